The summed E-state index contributed by atoms with van der Waals surface area (Å²) in [4.78, 5) is 31.0. The summed E-state index contributed by atoms with van der Waals surface area (Å²) < 4.78 is 35.0. The molecule has 3 heterocycles. The monoisotopic (exact) mass is 720 g/mol. The highest BCUT2D eigenvalue weighted by molar-refractivity contribution is 7.30. The maximum atomic E-state index is 11.2. The summed E-state index contributed by atoms with van der Waals surface area (Å²) in [5.74, 6) is 3.06. The number of aliphatic hydroxyl groups is 1. The van der Waals surface area contributed by atoms with Crippen LogP contribution in [0, 0.1) is 0 Å². The lowest BCUT2D eigenvalue weighted by atomic mass is 9.94. The number of nitrogens with two attached hydrogens (primary N) is 1. The van der Waals surface area contributed by atoms with Gasteiger partial charge < -0.3 is 50.2 Å². The molecular formula is C32H34ClN2O13P. The van der Waals surface area contributed by atoms with Crippen molar-refractivity contribution >= 4 is 32.6 Å². The van der Waals surface area contributed by atoms with Crippen molar-refractivity contribution < 1.29 is 64.7 Å². The van der Waals surface area contributed by atoms with E-state index in [2.05, 4.69) is 9.99 Å². The molecule has 4 aromatic carbocycles. The van der Waals surface area contributed by atoms with Gasteiger partial charge in [-0.3, -0.25) is 9.59 Å². The normalized spacial score (nSPS) is 14.7. The molecule has 3 aliphatic rings. The highest BCUT2D eigenvalue weighted by Crippen LogP contribution is 2.49. The van der Waals surface area contributed by atoms with E-state index < -0.39 is 32.3 Å². The van der Waals surface area contributed by atoms with Crippen LogP contribution in [0.4, 0.5) is 0 Å². The van der Waals surface area contributed by atoms with Crippen LogP contribution in [0.1, 0.15) is 18.1 Å². The second kappa shape index (κ2) is 18.1. The van der Waals surface area contributed by atoms with Crippen LogP contribution in [0.15, 0.2) is 78.9 Å². The number of rotatable bonds is 5. The fourth-order valence-corrected chi connectivity index (χ4v) is 4.85. The molecule has 0 aliphatic carbocycles. The van der Waals surface area contributed by atoms with Crippen LogP contribution in [-0.2, 0) is 38.2 Å². The quantitative estimate of drug-likeness (QED) is 0.0781. The minimum Gasteiger partial charge on any atom is -0.565 e. The van der Waals surface area contributed by atoms with E-state index in [1.807, 2.05) is 54.6 Å². The topological polar surface area (TPSA) is 239 Å². The molecule has 0 spiro atoms. The SMILES string of the molecule is CO.Cl.N[C@@H](Cc1cccc2c1Oc1ccccc1O2)C(=O)O.O=C(O)[C@@H]1Cc2c(ccc3c2Oc2ccccc2O3)CN1.O=[P+]([O-])OO.[HH]. The zero-order chi connectivity index (χ0) is 34.8. The second-order valence-electron chi connectivity index (χ2n) is 10.0. The molecule has 49 heavy (non-hydrogen) atoms. The number of halogens is 1. The maximum Gasteiger partial charge on any atom is 0.521 e. The summed E-state index contributed by atoms with van der Waals surface area (Å²) in [7, 11) is -2.04. The van der Waals surface area contributed by atoms with Crippen LogP contribution in [-0.4, -0.2) is 51.7 Å². The fraction of sp³-hybridized carbons (Fsp3) is 0.188. The molecule has 7 rings (SSSR count). The number of aliphatic hydroxyl groups excluding tert-OH is 1. The molecule has 0 bridgehead atoms. The van der Waals surface area contributed by atoms with E-state index in [4.69, 9.17) is 49.6 Å². The van der Waals surface area contributed by atoms with E-state index >= 15 is 0 Å². The van der Waals surface area contributed by atoms with Crippen molar-refractivity contribution in [3.05, 3.63) is 95.6 Å². The van der Waals surface area contributed by atoms with Crippen molar-refractivity contribution in [1.82, 2.24) is 5.32 Å². The molecule has 0 fully saturated rings. The van der Waals surface area contributed by atoms with Crippen molar-refractivity contribution in [1.29, 1.82) is 0 Å². The molecule has 0 saturated heterocycles. The minimum absolute atomic E-state index is 0. The van der Waals surface area contributed by atoms with Gasteiger partial charge in [-0.25, -0.2) is 5.26 Å². The maximum absolute atomic E-state index is 11.2. The van der Waals surface area contributed by atoms with Crippen molar-refractivity contribution in [2.24, 2.45) is 5.73 Å². The van der Waals surface area contributed by atoms with Gasteiger partial charge in [-0.15, -0.1) is 12.4 Å². The average molecular weight is 721 g/mol. The molecule has 4 aromatic rings. The Hall–Kier alpha value is -4.83. The number of benzene rings is 4. The summed E-state index contributed by atoms with van der Waals surface area (Å²) in [6, 6.07) is 22.4. The number of para-hydroxylation sites is 5. The van der Waals surface area contributed by atoms with Crippen molar-refractivity contribution in [2.45, 2.75) is 31.5 Å². The molecule has 3 atom stereocenters. The number of carbonyl (C=O) groups is 2. The van der Waals surface area contributed by atoms with Gasteiger partial charge in [0.1, 0.15) is 12.1 Å². The van der Waals surface area contributed by atoms with Crippen LogP contribution in [0.2, 0.25) is 0 Å². The number of carboxylic acids is 2. The van der Waals surface area contributed by atoms with Gasteiger partial charge in [0.2, 0.25) is 0 Å². The molecule has 262 valence electrons. The van der Waals surface area contributed by atoms with Gasteiger partial charge in [-0.2, -0.15) is 0 Å². The first-order valence-corrected chi connectivity index (χ1v) is 15.3. The van der Waals surface area contributed by atoms with Gasteiger partial charge in [-0.1, -0.05) is 42.5 Å². The number of ether oxygens (including phenoxy) is 4. The highest BCUT2D eigenvalue weighted by Gasteiger charge is 2.30. The predicted molar refractivity (Wildman–Crippen MR) is 176 cm³/mol. The molecule has 0 radical (unpaired) electrons. The molecule has 3 aliphatic heterocycles. The lowest BCUT2D eigenvalue weighted by molar-refractivity contribution is -0.244. The van der Waals surface area contributed by atoms with Gasteiger partial charge in [0, 0.05) is 43.7 Å². The van der Waals surface area contributed by atoms with E-state index in [0.29, 0.717) is 64.5 Å². The Balaban J connectivity index is 0.000000284. The third-order valence-electron chi connectivity index (χ3n) is 7.01. The van der Waals surface area contributed by atoms with Crippen molar-refractivity contribution in [3.8, 4) is 46.0 Å². The molecule has 0 amide bonds. The Labute approximate surface area is 288 Å². The molecule has 1 unspecified atom stereocenters. The second-order valence-corrected chi connectivity index (χ2v) is 10.6. The fourth-order valence-electron chi connectivity index (χ4n) is 4.85. The molecule has 15 nitrogen and oxygen atoms in total. The van der Waals surface area contributed by atoms with E-state index in [0.717, 1.165) is 18.2 Å². The molecule has 17 heteroatoms. The first-order valence-electron chi connectivity index (χ1n) is 14.2. The Morgan fingerprint density at radius 1 is 0.878 bits per heavy atom. The van der Waals surface area contributed by atoms with Crippen LogP contribution < -0.4 is 34.9 Å². The summed E-state index contributed by atoms with van der Waals surface area (Å²) in [5.41, 5.74) is 8.26. The van der Waals surface area contributed by atoms with Gasteiger partial charge in [0.15, 0.2) is 46.0 Å². The number of aliphatic carboxylic acids is 2. The van der Waals surface area contributed by atoms with Crippen LogP contribution in [0.3, 0.4) is 0 Å². The van der Waals surface area contributed by atoms with Gasteiger partial charge >= 0.3 is 20.2 Å². The van der Waals surface area contributed by atoms with Gasteiger partial charge in [0.05, 0.1) is 0 Å². The number of hydrogen-bond donors (Lipinski definition) is 6. The first-order chi connectivity index (χ1) is 23.1. The summed E-state index contributed by atoms with van der Waals surface area (Å²) in [6.07, 6.45) is 0.573. The average Bonchev–Trinajstić information content (AvgIpc) is 3.11. The van der Waals surface area contributed by atoms with Crippen molar-refractivity contribution in [2.75, 3.05) is 7.11 Å². The smallest absolute Gasteiger partial charge is 0.521 e. The zero-order valence-electron chi connectivity index (χ0n) is 25.7. The van der Waals surface area contributed by atoms with E-state index in [9.17, 15) is 14.7 Å². The van der Waals surface area contributed by atoms with Crippen molar-refractivity contribution in [3.63, 3.8) is 0 Å². The largest absolute Gasteiger partial charge is 0.565 e. The number of fused-ring (bicyclic) bond motifs is 6. The zero-order valence-corrected chi connectivity index (χ0v) is 27.4. The Kier molecular flexibility index (Phi) is 14.2. The highest BCUT2D eigenvalue weighted by atomic mass is 35.5. The first kappa shape index (κ1) is 38.6. The Bertz CT molecular complexity index is 1800. The summed E-state index contributed by atoms with van der Waals surface area (Å²) in [6.45, 7) is 0.518. The van der Waals surface area contributed by atoms with Crippen LogP contribution >= 0.6 is 20.7 Å². The summed E-state index contributed by atoms with van der Waals surface area (Å²) in [5, 5.41) is 35.2. The Morgan fingerprint density at radius 2 is 1.37 bits per heavy atom. The van der Waals surface area contributed by atoms with E-state index in [1.165, 1.54) is 0 Å². The summed E-state index contributed by atoms with van der Waals surface area (Å²) >= 11 is 0. The number of carboxylic acid groups (broad SMARTS) is 2. The lowest BCUT2D eigenvalue weighted by Gasteiger charge is -2.28. The van der Waals surface area contributed by atoms with Gasteiger partial charge in [0.25, 0.3) is 0 Å². The predicted octanol–water partition coefficient (Wildman–Crippen LogP) is 4.99. The van der Waals surface area contributed by atoms with Crippen LogP contribution in [0.5, 0.6) is 46.0 Å². The third kappa shape index (κ3) is 9.63. The standard InChI is InChI=1S/C16H13NO4.C15H13NO4.CH4O.ClH.HO4P.H2/c18-16(19)11-7-10-9(8-17-11)5-6-14-15(10)21-13-4-2-1-3-12(13)20-14;16-10(15(17)18)8-9-4-3-7-13-14(9)20-12-6-2-1-5-11(12)19-13;1-2;;1-4-5(2)3;/h1-6,11,17H,7-8H2,(H,18,19);1-7,10H,8,16H2,(H,17,18);2H,1H3;1H;1H;1H/t11-;10-;;;;/m00..../s1. The lowest BCUT2D eigenvalue weighted by Crippen LogP contribution is -2.41. The number of nitrogens with one attached hydrogen (secondary N) is 1. The minimum atomic E-state index is -3.04. The van der Waals surface area contributed by atoms with Gasteiger partial charge in [-0.05, 0) is 46.5 Å². The molecule has 0 saturated carbocycles. The number of hydrogen-bond acceptors (Lipinski definition) is 13. The third-order valence-corrected chi connectivity index (χ3v) is 7.15. The molecule has 0 aromatic heterocycles. The van der Waals surface area contributed by atoms with E-state index in [1.54, 1.807) is 24.3 Å². The van der Waals surface area contributed by atoms with E-state index in [-0.39, 0.29) is 20.3 Å². The molecular weight excluding hydrogens is 687 g/mol. The van der Waals surface area contributed by atoms with Crippen LogP contribution in [0.25, 0.3) is 0 Å². The molecule has 7 N–H and O–H groups in total. The Morgan fingerprint density at radius 3 is 1.88 bits per heavy atom.